The van der Waals surface area contributed by atoms with E-state index in [0.29, 0.717) is 18.5 Å². The number of sulfonamides is 1. The zero-order valence-electron chi connectivity index (χ0n) is 22.1. The van der Waals surface area contributed by atoms with E-state index in [9.17, 15) is 13.2 Å². The lowest BCUT2D eigenvalue weighted by atomic mass is 9.90. The van der Waals surface area contributed by atoms with E-state index in [-0.39, 0.29) is 17.3 Å². The standard InChI is InChI=1S/C32H31N3O3S/c1-22(2)30-21-34(39(37,38)26-16-13-23(3)14-17-26)31-29-18-15-24-9-7-8-12-27(24)28(29)19-20-33(31)35(30)32(36)25-10-5-4-6-11-25/h4-18,30-31H,1,19-21H2,2-3H3/t30-,31+/m1/s1. The monoisotopic (exact) mass is 537 g/mol. The molecule has 0 saturated carbocycles. The van der Waals surface area contributed by atoms with Crippen molar-refractivity contribution in [2.75, 3.05) is 13.1 Å². The van der Waals surface area contributed by atoms with E-state index in [2.05, 4.69) is 18.7 Å². The van der Waals surface area contributed by atoms with Crippen molar-refractivity contribution in [2.45, 2.75) is 37.4 Å². The van der Waals surface area contributed by atoms with Crippen LogP contribution in [0.1, 0.15) is 40.1 Å². The van der Waals surface area contributed by atoms with Crippen LogP contribution in [0, 0.1) is 6.92 Å². The summed E-state index contributed by atoms with van der Waals surface area (Å²) in [6.07, 6.45) is 0.0144. The van der Waals surface area contributed by atoms with Gasteiger partial charge in [0.05, 0.1) is 10.9 Å². The molecule has 0 aromatic heterocycles. The Labute approximate surface area is 229 Å². The number of fused-ring (bicyclic) bond motifs is 5. The van der Waals surface area contributed by atoms with E-state index in [1.165, 1.54) is 0 Å². The summed E-state index contributed by atoms with van der Waals surface area (Å²) in [6.45, 7) is 8.59. The highest BCUT2D eigenvalue weighted by Gasteiger charge is 2.50. The molecule has 2 aliphatic heterocycles. The minimum atomic E-state index is -3.91. The van der Waals surface area contributed by atoms with Gasteiger partial charge in [-0.15, -0.1) is 0 Å². The maximum Gasteiger partial charge on any atom is 0.268 e. The zero-order chi connectivity index (χ0) is 27.3. The Morgan fingerprint density at radius 1 is 0.897 bits per heavy atom. The molecule has 0 unspecified atom stereocenters. The summed E-state index contributed by atoms with van der Waals surface area (Å²) in [5, 5.41) is 5.93. The lowest BCUT2D eigenvalue weighted by Crippen LogP contribution is -2.67. The average molecular weight is 538 g/mol. The van der Waals surface area contributed by atoms with Crippen molar-refractivity contribution in [3.63, 3.8) is 0 Å². The number of carbonyl (C=O) groups is 1. The first-order valence-corrected chi connectivity index (χ1v) is 14.6. The van der Waals surface area contributed by atoms with Gasteiger partial charge in [0, 0.05) is 18.7 Å². The number of benzene rings is 4. The molecule has 0 N–H and O–H groups in total. The van der Waals surface area contributed by atoms with Crippen LogP contribution < -0.4 is 0 Å². The summed E-state index contributed by atoms with van der Waals surface area (Å²) < 4.78 is 30.2. The third-order valence-corrected chi connectivity index (χ3v) is 9.69. The highest BCUT2D eigenvalue weighted by molar-refractivity contribution is 7.89. The summed E-state index contributed by atoms with van der Waals surface area (Å²) in [5.41, 5.74) is 4.30. The highest BCUT2D eigenvalue weighted by Crippen LogP contribution is 2.44. The number of nitrogens with zero attached hydrogens (tertiary/aromatic N) is 3. The number of hydrogen-bond donors (Lipinski definition) is 0. The van der Waals surface area contributed by atoms with E-state index in [1.54, 1.807) is 33.6 Å². The van der Waals surface area contributed by atoms with Gasteiger partial charge in [0.1, 0.15) is 6.17 Å². The van der Waals surface area contributed by atoms with Crippen LogP contribution in [0.15, 0.2) is 108 Å². The number of hydrazine groups is 1. The Bertz CT molecular complexity index is 1680. The summed E-state index contributed by atoms with van der Waals surface area (Å²) >= 11 is 0. The van der Waals surface area contributed by atoms with Crippen LogP contribution >= 0.6 is 0 Å². The molecule has 1 saturated heterocycles. The first-order chi connectivity index (χ1) is 18.8. The molecule has 0 aliphatic carbocycles. The lowest BCUT2D eigenvalue weighted by molar-refractivity contribution is -0.129. The third kappa shape index (κ3) is 4.27. The van der Waals surface area contributed by atoms with Crippen LogP contribution in [-0.4, -0.2) is 47.8 Å². The Morgan fingerprint density at radius 2 is 1.59 bits per heavy atom. The minimum absolute atomic E-state index is 0.109. The molecule has 4 aromatic carbocycles. The molecule has 4 aromatic rings. The van der Waals surface area contributed by atoms with Gasteiger partial charge in [-0.2, -0.15) is 9.31 Å². The molecular formula is C32H31N3O3S. The van der Waals surface area contributed by atoms with Gasteiger partial charge >= 0.3 is 0 Å². The van der Waals surface area contributed by atoms with E-state index in [4.69, 9.17) is 0 Å². The number of amides is 1. The van der Waals surface area contributed by atoms with E-state index < -0.39 is 22.2 Å². The van der Waals surface area contributed by atoms with Crippen LogP contribution in [-0.2, 0) is 16.4 Å². The predicted octanol–water partition coefficient (Wildman–Crippen LogP) is 5.71. The molecular weight excluding hydrogens is 506 g/mol. The molecule has 0 spiro atoms. The van der Waals surface area contributed by atoms with Gasteiger partial charge in [0.2, 0.25) is 10.0 Å². The topological polar surface area (TPSA) is 60.9 Å². The maximum atomic E-state index is 14.3. The van der Waals surface area contributed by atoms with Gasteiger partial charge in [0.15, 0.2) is 0 Å². The zero-order valence-corrected chi connectivity index (χ0v) is 22.9. The van der Waals surface area contributed by atoms with Gasteiger partial charge in [0.25, 0.3) is 5.91 Å². The van der Waals surface area contributed by atoms with Gasteiger partial charge in [-0.05, 0) is 66.4 Å². The van der Waals surface area contributed by atoms with Gasteiger partial charge in [-0.1, -0.05) is 84.4 Å². The van der Waals surface area contributed by atoms with E-state index in [1.807, 2.05) is 73.5 Å². The molecule has 39 heavy (non-hydrogen) atoms. The first kappa shape index (κ1) is 25.5. The van der Waals surface area contributed by atoms with Crippen molar-refractivity contribution in [2.24, 2.45) is 0 Å². The van der Waals surface area contributed by atoms with Crippen molar-refractivity contribution >= 4 is 26.7 Å². The van der Waals surface area contributed by atoms with Crippen LogP contribution in [0.2, 0.25) is 0 Å². The predicted molar refractivity (Wildman–Crippen MR) is 153 cm³/mol. The molecule has 2 aliphatic rings. The number of aryl methyl sites for hydroxylation is 1. The second-order valence-electron chi connectivity index (χ2n) is 10.4. The van der Waals surface area contributed by atoms with Crippen molar-refractivity contribution in [1.29, 1.82) is 0 Å². The quantitative estimate of drug-likeness (QED) is 0.313. The molecule has 2 atom stereocenters. The molecule has 1 amide bonds. The molecule has 6 nitrogen and oxygen atoms in total. The van der Waals surface area contributed by atoms with Crippen molar-refractivity contribution < 1.29 is 13.2 Å². The van der Waals surface area contributed by atoms with Crippen LogP contribution in [0.5, 0.6) is 0 Å². The number of rotatable bonds is 4. The summed E-state index contributed by atoms with van der Waals surface area (Å²) in [5.74, 6) is -0.162. The molecule has 198 valence electrons. The van der Waals surface area contributed by atoms with Gasteiger partial charge < -0.3 is 0 Å². The average Bonchev–Trinajstić information content (AvgIpc) is 2.96. The fourth-order valence-electron chi connectivity index (χ4n) is 5.85. The molecule has 0 radical (unpaired) electrons. The Kier molecular flexibility index (Phi) is 6.38. The molecule has 6 rings (SSSR count). The summed E-state index contributed by atoms with van der Waals surface area (Å²) in [4.78, 5) is 14.3. The van der Waals surface area contributed by atoms with Crippen molar-refractivity contribution in [1.82, 2.24) is 14.3 Å². The molecule has 7 heteroatoms. The Balaban J connectivity index is 1.55. The normalized spacial score (nSPS) is 19.9. The second kappa shape index (κ2) is 9.75. The Hall–Kier alpha value is -3.78. The summed E-state index contributed by atoms with van der Waals surface area (Å²) in [6, 6.07) is 27.9. The van der Waals surface area contributed by atoms with Crippen LogP contribution in [0.4, 0.5) is 0 Å². The van der Waals surface area contributed by atoms with Crippen LogP contribution in [0.3, 0.4) is 0 Å². The maximum absolute atomic E-state index is 14.3. The second-order valence-corrected chi connectivity index (χ2v) is 12.3. The first-order valence-electron chi connectivity index (χ1n) is 13.2. The molecule has 2 heterocycles. The van der Waals surface area contributed by atoms with E-state index >= 15 is 0 Å². The smallest absolute Gasteiger partial charge is 0.268 e. The van der Waals surface area contributed by atoms with Crippen molar-refractivity contribution in [3.05, 3.63) is 125 Å². The fraction of sp³-hybridized carbons (Fsp3) is 0.219. The van der Waals surface area contributed by atoms with E-state index in [0.717, 1.165) is 33.0 Å². The lowest BCUT2D eigenvalue weighted by Gasteiger charge is -2.55. The van der Waals surface area contributed by atoms with Gasteiger partial charge in [-0.25, -0.2) is 8.42 Å². The summed E-state index contributed by atoms with van der Waals surface area (Å²) in [7, 11) is -3.91. The molecule has 1 fully saturated rings. The third-order valence-electron chi connectivity index (χ3n) is 7.85. The molecule has 0 bridgehead atoms. The number of hydrogen-bond acceptors (Lipinski definition) is 4. The largest absolute Gasteiger partial charge is 0.268 e. The van der Waals surface area contributed by atoms with Gasteiger partial charge in [-0.3, -0.25) is 9.80 Å². The number of carbonyl (C=O) groups excluding carboxylic acids is 1. The van der Waals surface area contributed by atoms with Crippen LogP contribution in [0.25, 0.3) is 10.8 Å². The fourth-order valence-corrected chi connectivity index (χ4v) is 7.42. The Morgan fingerprint density at radius 3 is 2.31 bits per heavy atom. The van der Waals surface area contributed by atoms with Crippen molar-refractivity contribution in [3.8, 4) is 0 Å². The highest BCUT2D eigenvalue weighted by atomic mass is 32.2. The SMILES string of the molecule is C=C(C)[C@H]1CN(S(=O)(=O)c2ccc(C)cc2)[C@H]2c3ccc4ccccc4c3CCN2N1C(=O)c1ccccc1. The minimum Gasteiger partial charge on any atom is -0.268 e.